The molecule has 0 N–H and O–H groups in total. The summed E-state index contributed by atoms with van der Waals surface area (Å²) in [6.07, 6.45) is 0. The normalized spacial score (nSPS) is 11.8. The topological polar surface area (TPSA) is 9.86 Å². The number of fused-ring (bicyclic) bond motifs is 6. The maximum absolute atomic E-state index is 2.93. The first-order chi connectivity index (χ1) is 31.3. The Balaban J connectivity index is 1.17. The van der Waals surface area contributed by atoms with Crippen molar-refractivity contribution < 1.29 is 0 Å². The predicted molar refractivity (Wildman–Crippen MR) is 270 cm³/mol. The standard InChI is InChI=1S/C60H42N2Si/c1-6-19-43(20-7-1)45-33-36-47(37-34-45)61-57-41-46(44-21-8-2-9-22-44)35-39-53(57)54-40-38-48(42-58(54)61)62-56-31-17-16-29-52(56)55-30-18-32-59(60(55)62)63(49-23-10-3-11-24-49,50-25-12-4-13-26-50)51-27-14-5-15-28-51/h1-42H. The summed E-state index contributed by atoms with van der Waals surface area (Å²) >= 11 is 0. The van der Waals surface area contributed by atoms with Crippen LogP contribution in [0.2, 0.25) is 0 Å². The van der Waals surface area contributed by atoms with Crippen LogP contribution < -0.4 is 20.7 Å². The van der Waals surface area contributed by atoms with Gasteiger partial charge in [-0.05, 0) is 79.4 Å². The molecule has 0 unspecified atom stereocenters. The monoisotopic (exact) mass is 818 g/mol. The van der Waals surface area contributed by atoms with E-state index in [1.165, 1.54) is 86.6 Å². The van der Waals surface area contributed by atoms with Crippen molar-refractivity contribution in [1.29, 1.82) is 0 Å². The molecular formula is C60H42N2Si. The molecule has 0 fully saturated rings. The van der Waals surface area contributed by atoms with Crippen LogP contribution in [0.15, 0.2) is 255 Å². The van der Waals surface area contributed by atoms with E-state index in [1.54, 1.807) is 0 Å². The largest absolute Gasteiger partial charge is 0.309 e. The van der Waals surface area contributed by atoms with Gasteiger partial charge in [-0.25, -0.2) is 0 Å². The number of hydrogen-bond acceptors (Lipinski definition) is 0. The van der Waals surface area contributed by atoms with Gasteiger partial charge in [0.2, 0.25) is 0 Å². The molecule has 63 heavy (non-hydrogen) atoms. The van der Waals surface area contributed by atoms with Crippen LogP contribution in [0.5, 0.6) is 0 Å². The Hall–Kier alpha value is -7.98. The smallest absolute Gasteiger partial charge is 0.181 e. The maximum atomic E-state index is 2.56. The molecule has 0 aliphatic carbocycles. The van der Waals surface area contributed by atoms with E-state index in [1.807, 2.05) is 0 Å². The van der Waals surface area contributed by atoms with Crippen molar-refractivity contribution in [2.75, 3.05) is 0 Å². The molecule has 0 amide bonds. The van der Waals surface area contributed by atoms with E-state index in [4.69, 9.17) is 0 Å². The molecule has 0 saturated heterocycles. The van der Waals surface area contributed by atoms with Gasteiger partial charge in [0.15, 0.2) is 8.07 Å². The van der Waals surface area contributed by atoms with Gasteiger partial charge in [-0.15, -0.1) is 0 Å². The fourth-order valence-corrected chi connectivity index (χ4v) is 15.2. The molecule has 2 heterocycles. The van der Waals surface area contributed by atoms with Crippen molar-refractivity contribution in [1.82, 2.24) is 9.13 Å². The minimum atomic E-state index is -2.93. The Morgan fingerprint density at radius 3 is 1.29 bits per heavy atom. The molecule has 2 aromatic heterocycles. The van der Waals surface area contributed by atoms with Crippen LogP contribution in [0, 0.1) is 0 Å². The van der Waals surface area contributed by atoms with Gasteiger partial charge in [0.25, 0.3) is 0 Å². The van der Waals surface area contributed by atoms with Crippen LogP contribution >= 0.6 is 0 Å². The summed E-state index contributed by atoms with van der Waals surface area (Å²) in [5, 5.41) is 10.4. The highest BCUT2D eigenvalue weighted by atomic mass is 28.3. The van der Waals surface area contributed by atoms with E-state index in [9.17, 15) is 0 Å². The highest BCUT2D eigenvalue weighted by Crippen LogP contribution is 2.39. The second-order valence-electron chi connectivity index (χ2n) is 16.5. The number of rotatable bonds is 8. The van der Waals surface area contributed by atoms with Crippen molar-refractivity contribution >= 4 is 72.4 Å². The first-order valence-corrected chi connectivity index (χ1v) is 23.8. The molecule has 3 heteroatoms. The molecule has 0 saturated carbocycles. The van der Waals surface area contributed by atoms with Crippen molar-refractivity contribution in [2.45, 2.75) is 0 Å². The molecule has 0 aliphatic heterocycles. The summed E-state index contributed by atoms with van der Waals surface area (Å²) in [6, 6.07) is 94.3. The maximum Gasteiger partial charge on any atom is 0.181 e. The highest BCUT2D eigenvalue weighted by Gasteiger charge is 2.43. The fraction of sp³-hybridized carbons (Fsp3) is 0. The van der Waals surface area contributed by atoms with Crippen molar-refractivity contribution in [3.8, 4) is 33.6 Å². The first kappa shape index (κ1) is 36.8. The number of hydrogen-bond donors (Lipinski definition) is 0. The van der Waals surface area contributed by atoms with Gasteiger partial charge in [0.1, 0.15) is 0 Å². The first-order valence-electron chi connectivity index (χ1n) is 21.8. The fourth-order valence-electron chi connectivity index (χ4n) is 10.3. The molecule has 296 valence electrons. The van der Waals surface area contributed by atoms with E-state index < -0.39 is 8.07 Å². The van der Waals surface area contributed by atoms with E-state index in [0.717, 1.165) is 11.4 Å². The highest BCUT2D eigenvalue weighted by molar-refractivity contribution is 7.20. The molecule has 0 bridgehead atoms. The SMILES string of the molecule is c1ccc(-c2ccc(-n3c4cc(-c5ccccc5)ccc4c4ccc(-n5c6ccccc6c6cccc([Si](c7ccccc7)(c7ccccc7)c7ccccc7)c65)cc43)cc2)cc1. The average molecular weight is 819 g/mol. The average Bonchev–Trinajstić information content (AvgIpc) is 3.88. The van der Waals surface area contributed by atoms with Crippen LogP contribution in [-0.2, 0) is 0 Å². The number of aromatic nitrogens is 2. The molecule has 0 atom stereocenters. The van der Waals surface area contributed by atoms with Gasteiger partial charge in [-0.2, -0.15) is 0 Å². The van der Waals surface area contributed by atoms with E-state index in [2.05, 4.69) is 264 Å². The van der Waals surface area contributed by atoms with Gasteiger partial charge in [-0.1, -0.05) is 218 Å². The summed E-state index contributed by atoms with van der Waals surface area (Å²) in [4.78, 5) is 0. The summed E-state index contributed by atoms with van der Waals surface area (Å²) in [6.45, 7) is 0. The minimum Gasteiger partial charge on any atom is -0.309 e. The van der Waals surface area contributed by atoms with E-state index in [-0.39, 0.29) is 0 Å². The summed E-state index contributed by atoms with van der Waals surface area (Å²) in [5.41, 5.74) is 11.9. The second kappa shape index (κ2) is 15.2. The van der Waals surface area contributed by atoms with Crippen LogP contribution in [0.4, 0.5) is 0 Å². The Morgan fingerprint density at radius 2 is 0.683 bits per heavy atom. The van der Waals surface area contributed by atoms with Crippen LogP contribution in [0.1, 0.15) is 0 Å². The third-order valence-corrected chi connectivity index (χ3v) is 17.9. The molecule has 12 aromatic rings. The van der Waals surface area contributed by atoms with Crippen LogP contribution in [-0.4, -0.2) is 17.2 Å². The Kier molecular flexibility index (Phi) is 8.87. The summed E-state index contributed by atoms with van der Waals surface area (Å²) < 4.78 is 5.03. The molecule has 0 radical (unpaired) electrons. The number of nitrogens with zero attached hydrogens (tertiary/aromatic N) is 2. The lowest BCUT2D eigenvalue weighted by molar-refractivity contribution is 1.16. The molecule has 0 spiro atoms. The zero-order valence-corrected chi connectivity index (χ0v) is 35.6. The molecule has 2 nitrogen and oxygen atoms in total. The van der Waals surface area contributed by atoms with Gasteiger partial charge in [0, 0.05) is 32.9 Å². The third kappa shape index (κ3) is 5.93. The Bertz CT molecular complexity index is 3480. The quantitative estimate of drug-likeness (QED) is 0.107. The lowest BCUT2D eigenvalue weighted by Crippen LogP contribution is -2.75. The predicted octanol–water partition coefficient (Wildman–Crippen LogP) is 12.6. The minimum absolute atomic E-state index is 1.13. The lowest BCUT2D eigenvalue weighted by Gasteiger charge is -2.35. The zero-order chi connectivity index (χ0) is 41.7. The van der Waals surface area contributed by atoms with Crippen molar-refractivity contribution in [3.63, 3.8) is 0 Å². The number of benzene rings is 10. The van der Waals surface area contributed by atoms with Crippen molar-refractivity contribution in [3.05, 3.63) is 255 Å². The van der Waals surface area contributed by atoms with Gasteiger partial charge < -0.3 is 9.13 Å². The summed E-state index contributed by atoms with van der Waals surface area (Å²) in [7, 11) is -2.93. The molecule has 0 aliphatic rings. The molecule has 10 aromatic carbocycles. The van der Waals surface area contributed by atoms with Crippen LogP contribution in [0.3, 0.4) is 0 Å². The van der Waals surface area contributed by atoms with Crippen LogP contribution in [0.25, 0.3) is 77.2 Å². The van der Waals surface area contributed by atoms with Crippen molar-refractivity contribution in [2.24, 2.45) is 0 Å². The van der Waals surface area contributed by atoms with Gasteiger partial charge >= 0.3 is 0 Å². The Morgan fingerprint density at radius 1 is 0.254 bits per heavy atom. The second-order valence-corrected chi connectivity index (χ2v) is 20.2. The lowest BCUT2D eigenvalue weighted by atomic mass is 10.0. The molecule has 12 rings (SSSR count). The molecular weight excluding hydrogens is 777 g/mol. The van der Waals surface area contributed by atoms with E-state index in [0.29, 0.717) is 0 Å². The van der Waals surface area contributed by atoms with Gasteiger partial charge in [0.05, 0.1) is 22.1 Å². The van der Waals surface area contributed by atoms with E-state index >= 15 is 0 Å². The Labute approximate surface area is 368 Å². The zero-order valence-electron chi connectivity index (χ0n) is 34.6. The number of para-hydroxylation sites is 2. The third-order valence-electron chi connectivity index (χ3n) is 13.1. The van der Waals surface area contributed by atoms with Gasteiger partial charge in [-0.3, -0.25) is 0 Å². The summed E-state index contributed by atoms with van der Waals surface area (Å²) in [5.74, 6) is 0.